The molecule has 2 aliphatic rings. The highest BCUT2D eigenvalue weighted by Gasteiger charge is 2.49. The summed E-state index contributed by atoms with van der Waals surface area (Å²) in [5.41, 5.74) is -0.370. The molecule has 0 aromatic carbocycles. The topological polar surface area (TPSA) is 95.0 Å². The van der Waals surface area contributed by atoms with E-state index in [0.29, 0.717) is 0 Å². The zero-order valence-corrected chi connectivity index (χ0v) is 12.1. The Morgan fingerprint density at radius 1 is 1.00 bits per heavy atom. The van der Waals surface area contributed by atoms with Gasteiger partial charge in [-0.25, -0.2) is 0 Å². The summed E-state index contributed by atoms with van der Waals surface area (Å²) in [6.07, 6.45) is -0.416. The Morgan fingerprint density at radius 2 is 1.32 bits per heavy atom. The third-order valence-corrected chi connectivity index (χ3v) is 3.17. The molecule has 2 heterocycles. The van der Waals surface area contributed by atoms with Crippen LogP contribution in [-0.4, -0.2) is 71.3 Å². The molecular weight excluding hydrogens is 252 g/mol. The molecule has 2 fully saturated rings. The average Bonchev–Trinajstić information content (AvgIpc) is 3.20. The van der Waals surface area contributed by atoms with Gasteiger partial charge < -0.3 is 29.5 Å². The minimum absolute atomic E-state index is 0.185. The summed E-state index contributed by atoms with van der Waals surface area (Å²) in [6, 6.07) is 0. The summed E-state index contributed by atoms with van der Waals surface area (Å²) < 4.78 is 16.5. The van der Waals surface area contributed by atoms with Crippen molar-refractivity contribution in [2.75, 3.05) is 26.4 Å². The number of aliphatic hydroxyl groups excluding tert-OH is 3. The monoisotopic (exact) mass is 278 g/mol. The van der Waals surface area contributed by atoms with Crippen LogP contribution >= 0.6 is 0 Å². The lowest BCUT2D eigenvalue weighted by Gasteiger charge is -2.34. The third-order valence-electron chi connectivity index (χ3n) is 3.17. The van der Waals surface area contributed by atoms with Gasteiger partial charge in [0.2, 0.25) is 0 Å². The Bertz CT molecular complexity index is 244. The molecule has 0 aromatic heterocycles. The van der Waals surface area contributed by atoms with E-state index in [-0.39, 0.29) is 36.6 Å². The van der Waals surface area contributed by atoms with Crippen LogP contribution in [0.2, 0.25) is 0 Å². The van der Waals surface area contributed by atoms with Gasteiger partial charge in [0.25, 0.3) is 0 Å². The Labute approximate surface area is 114 Å². The molecule has 2 aliphatic heterocycles. The van der Waals surface area contributed by atoms with Crippen LogP contribution in [0, 0.1) is 0 Å². The summed E-state index contributed by atoms with van der Waals surface area (Å²) in [4.78, 5) is 0. The van der Waals surface area contributed by atoms with Crippen LogP contribution in [0.25, 0.3) is 0 Å². The fraction of sp³-hybridized carbons (Fsp3) is 1.00. The number of epoxide rings is 2. The molecule has 3 N–H and O–H groups in total. The van der Waals surface area contributed by atoms with Crippen molar-refractivity contribution in [3.63, 3.8) is 0 Å². The summed E-state index contributed by atoms with van der Waals surface area (Å²) in [5.74, 6) is 0. The van der Waals surface area contributed by atoms with E-state index < -0.39 is 6.10 Å². The van der Waals surface area contributed by atoms with E-state index in [0.717, 1.165) is 13.2 Å². The van der Waals surface area contributed by atoms with Gasteiger partial charge in [-0.1, -0.05) is 0 Å². The van der Waals surface area contributed by atoms with Crippen molar-refractivity contribution in [1.29, 1.82) is 0 Å². The van der Waals surface area contributed by atoms with E-state index in [1.165, 1.54) is 0 Å². The van der Waals surface area contributed by atoms with E-state index in [2.05, 4.69) is 27.7 Å². The summed E-state index contributed by atoms with van der Waals surface area (Å²) in [5, 5.41) is 24.0. The smallest absolute Gasteiger partial charge is 0.109 e. The second-order valence-electron chi connectivity index (χ2n) is 5.97. The Kier molecular flexibility index (Phi) is 5.73. The molecule has 0 amide bonds. The highest BCUT2D eigenvalue weighted by Crippen LogP contribution is 2.36. The third kappa shape index (κ3) is 5.72. The van der Waals surface area contributed by atoms with E-state index in [4.69, 9.17) is 29.5 Å². The minimum atomic E-state index is -0.954. The molecule has 0 saturated carbocycles. The van der Waals surface area contributed by atoms with Crippen molar-refractivity contribution in [2.24, 2.45) is 0 Å². The van der Waals surface area contributed by atoms with Gasteiger partial charge in [0.1, 0.15) is 18.3 Å². The molecule has 114 valence electrons. The number of aliphatic hydroxyl groups is 3. The standard InChI is InChI=1S/C10H18O3.C3H8O3/c1-9(2,7-5-11-7)13-10(3,4)8-6-12-8;4-1-3(6)2-5/h7-8H,5-6H2,1-4H3;3-6H,1-2H2. The Balaban J connectivity index is 0.000000258. The lowest BCUT2D eigenvalue weighted by Crippen LogP contribution is -2.44. The molecule has 2 saturated heterocycles. The normalized spacial score (nSPS) is 25.9. The summed E-state index contributed by atoms with van der Waals surface area (Å²) in [6.45, 7) is 9.24. The van der Waals surface area contributed by atoms with Crippen molar-refractivity contribution in [1.82, 2.24) is 0 Å². The lowest BCUT2D eigenvalue weighted by molar-refractivity contribution is -0.142. The van der Waals surface area contributed by atoms with Crippen LogP contribution in [-0.2, 0) is 14.2 Å². The van der Waals surface area contributed by atoms with Gasteiger partial charge in [-0.15, -0.1) is 0 Å². The molecule has 2 rings (SSSR count). The van der Waals surface area contributed by atoms with Gasteiger partial charge in [-0.05, 0) is 27.7 Å². The number of hydrogen-bond donors (Lipinski definition) is 3. The molecule has 6 nitrogen and oxygen atoms in total. The van der Waals surface area contributed by atoms with Crippen molar-refractivity contribution >= 4 is 0 Å². The first kappa shape index (κ1) is 16.8. The number of hydrogen-bond acceptors (Lipinski definition) is 6. The summed E-state index contributed by atoms with van der Waals surface area (Å²) in [7, 11) is 0. The molecule has 6 heteroatoms. The van der Waals surface area contributed by atoms with Crippen LogP contribution < -0.4 is 0 Å². The van der Waals surface area contributed by atoms with Crippen LogP contribution in [0.4, 0.5) is 0 Å². The number of ether oxygens (including phenoxy) is 3. The van der Waals surface area contributed by atoms with Crippen molar-refractivity contribution in [3.05, 3.63) is 0 Å². The average molecular weight is 278 g/mol. The van der Waals surface area contributed by atoms with Crippen molar-refractivity contribution in [3.8, 4) is 0 Å². The van der Waals surface area contributed by atoms with Crippen LogP contribution in [0.3, 0.4) is 0 Å². The molecule has 2 atom stereocenters. The second kappa shape index (κ2) is 6.47. The SMILES string of the molecule is CC(C)(OC(C)(C)C1CO1)C1CO1.OCC(O)CO. The minimum Gasteiger partial charge on any atom is -0.394 e. The molecule has 19 heavy (non-hydrogen) atoms. The van der Waals surface area contributed by atoms with E-state index in [9.17, 15) is 0 Å². The largest absolute Gasteiger partial charge is 0.394 e. The van der Waals surface area contributed by atoms with Gasteiger partial charge in [-0.2, -0.15) is 0 Å². The predicted molar refractivity (Wildman–Crippen MR) is 68.9 cm³/mol. The molecule has 0 spiro atoms. The maximum atomic E-state index is 8.17. The van der Waals surface area contributed by atoms with Crippen molar-refractivity contribution in [2.45, 2.75) is 57.2 Å². The van der Waals surface area contributed by atoms with Crippen LogP contribution in [0.15, 0.2) is 0 Å². The highest BCUT2D eigenvalue weighted by molar-refractivity contribution is 4.95. The van der Waals surface area contributed by atoms with Gasteiger partial charge >= 0.3 is 0 Å². The zero-order valence-electron chi connectivity index (χ0n) is 12.1. The highest BCUT2D eigenvalue weighted by atomic mass is 16.6. The molecule has 0 aromatic rings. The van der Waals surface area contributed by atoms with E-state index in [1.807, 2.05) is 0 Å². The molecule has 0 aliphatic carbocycles. The van der Waals surface area contributed by atoms with Gasteiger partial charge in [0.15, 0.2) is 0 Å². The van der Waals surface area contributed by atoms with Crippen LogP contribution in [0.1, 0.15) is 27.7 Å². The fourth-order valence-electron chi connectivity index (χ4n) is 1.77. The summed E-state index contributed by atoms with van der Waals surface area (Å²) >= 11 is 0. The van der Waals surface area contributed by atoms with Gasteiger partial charge in [-0.3, -0.25) is 0 Å². The number of rotatable bonds is 6. The fourth-order valence-corrected chi connectivity index (χ4v) is 1.77. The first-order valence-corrected chi connectivity index (χ1v) is 6.56. The van der Waals surface area contributed by atoms with Gasteiger partial charge in [0.05, 0.1) is 37.6 Å². The molecule has 0 radical (unpaired) electrons. The van der Waals surface area contributed by atoms with Gasteiger partial charge in [0, 0.05) is 0 Å². The second-order valence-corrected chi connectivity index (χ2v) is 5.97. The van der Waals surface area contributed by atoms with Crippen molar-refractivity contribution < 1.29 is 29.5 Å². The first-order valence-electron chi connectivity index (χ1n) is 6.56. The van der Waals surface area contributed by atoms with E-state index >= 15 is 0 Å². The molecule has 0 bridgehead atoms. The maximum Gasteiger partial charge on any atom is 0.109 e. The van der Waals surface area contributed by atoms with E-state index in [1.54, 1.807) is 0 Å². The lowest BCUT2D eigenvalue weighted by atomic mass is 10.0. The predicted octanol–water partition coefficient (Wildman–Crippen LogP) is -0.310. The van der Waals surface area contributed by atoms with Crippen LogP contribution in [0.5, 0.6) is 0 Å². The molecular formula is C13H26O6. The molecule has 2 unspecified atom stereocenters. The quantitative estimate of drug-likeness (QED) is 0.577. The first-order chi connectivity index (χ1) is 8.73. The Morgan fingerprint density at radius 3 is 1.47 bits per heavy atom. The maximum absolute atomic E-state index is 8.17. The zero-order chi connectivity index (χ0) is 14.7. The Hall–Kier alpha value is -0.240.